The molecule has 3 heteroatoms. The van der Waals surface area contributed by atoms with Crippen LogP contribution in [0, 0.1) is 47.3 Å². The van der Waals surface area contributed by atoms with Crippen LogP contribution in [0.2, 0.25) is 0 Å². The molecule has 1 amide bonds. The van der Waals surface area contributed by atoms with E-state index in [1.807, 2.05) is 5.92 Å². The quantitative estimate of drug-likeness (QED) is 0.522. The molecule has 2 N–H and O–H groups in total. The number of carbonyl (C=O) groups is 1. The maximum atomic E-state index is 10.8. The number of amides is 1. The molecule has 3 nitrogen and oxygen atoms in total. The first kappa shape index (κ1) is 18.5. The molecule has 4 aliphatic rings. The number of rotatable bonds is 0. The van der Waals surface area contributed by atoms with Crippen LogP contribution in [0.1, 0.15) is 58.3 Å². The zero-order valence-corrected chi connectivity index (χ0v) is 15.8. The molecule has 7 atom stereocenters. The van der Waals surface area contributed by atoms with Crippen LogP contribution in [0.4, 0.5) is 0 Å². The summed E-state index contributed by atoms with van der Waals surface area (Å²) in [4.78, 5) is 9.83. The smallest absolute Gasteiger partial charge is 0.295 e. The number of fused-ring (bicyclic) bond motifs is 3. The summed E-state index contributed by atoms with van der Waals surface area (Å²) in [6, 6.07) is 0. The molecule has 4 fully saturated rings. The van der Waals surface area contributed by atoms with Gasteiger partial charge in [0.05, 0.1) is 6.10 Å². The first-order valence-electron chi connectivity index (χ1n) is 9.99. The number of terminal acetylenes is 1. The fraction of sp³-hybridized carbons (Fsp3) is 0.773. The molecule has 0 aromatic rings. The second-order valence-corrected chi connectivity index (χ2v) is 8.79. The van der Waals surface area contributed by atoms with E-state index in [1.54, 1.807) is 0 Å². The van der Waals surface area contributed by atoms with Gasteiger partial charge in [-0.15, -0.1) is 6.42 Å². The van der Waals surface area contributed by atoms with E-state index >= 15 is 0 Å². The maximum Gasteiger partial charge on any atom is 0.295 e. The van der Waals surface area contributed by atoms with Crippen LogP contribution in [0.3, 0.4) is 0 Å². The molecule has 4 rings (SSSR count). The molecule has 25 heavy (non-hydrogen) atoms. The van der Waals surface area contributed by atoms with E-state index in [0.29, 0.717) is 5.92 Å². The van der Waals surface area contributed by atoms with E-state index in [1.165, 1.54) is 64.0 Å². The summed E-state index contributed by atoms with van der Waals surface area (Å²) in [5.74, 6) is 5.73. The largest absolute Gasteiger partial charge is 0.388 e. The summed E-state index contributed by atoms with van der Waals surface area (Å²) in [6.45, 7) is 6.71. The van der Waals surface area contributed by atoms with Crippen molar-refractivity contribution >= 4 is 5.91 Å². The lowest BCUT2D eigenvalue weighted by atomic mass is 9.49. The molecule has 1 spiro atoms. The van der Waals surface area contributed by atoms with Gasteiger partial charge in [-0.3, -0.25) is 4.79 Å². The van der Waals surface area contributed by atoms with Crippen molar-refractivity contribution in [3.05, 3.63) is 12.2 Å². The zero-order chi connectivity index (χ0) is 18.2. The second kappa shape index (κ2) is 7.16. The average Bonchev–Trinajstić information content (AvgIpc) is 2.82. The first-order valence-corrected chi connectivity index (χ1v) is 9.99. The normalized spacial score (nSPS) is 44.5. The average molecular weight is 344 g/mol. The van der Waals surface area contributed by atoms with Crippen molar-refractivity contribution < 1.29 is 9.90 Å². The number of aliphatic hydroxyl groups excluding tert-OH is 1. The highest BCUT2D eigenvalue weighted by molar-refractivity contribution is 5.92. The molecule has 2 bridgehead atoms. The monoisotopic (exact) mass is 343 g/mol. The molecule has 0 saturated heterocycles. The summed E-state index contributed by atoms with van der Waals surface area (Å²) >= 11 is 0. The fourth-order valence-corrected chi connectivity index (χ4v) is 6.70. The predicted octanol–water partition coefficient (Wildman–Crippen LogP) is 3.53. The number of carbonyl (C=O) groups excluding carboxylic acids is 1. The molecule has 4 unspecified atom stereocenters. The van der Waals surface area contributed by atoms with Crippen LogP contribution >= 0.6 is 0 Å². The van der Waals surface area contributed by atoms with Gasteiger partial charge in [-0.25, -0.2) is 0 Å². The first-order chi connectivity index (χ1) is 11.9. The zero-order valence-electron chi connectivity index (χ0n) is 15.8. The molecular weight excluding hydrogens is 310 g/mol. The van der Waals surface area contributed by atoms with Crippen molar-refractivity contribution in [3.63, 3.8) is 0 Å². The minimum Gasteiger partial charge on any atom is -0.388 e. The van der Waals surface area contributed by atoms with Gasteiger partial charge < -0.3 is 10.4 Å². The van der Waals surface area contributed by atoms with E-state index in [4.69, 9.17) is 0 Å². The Balaban J connectivity index is 0.000000265. The Morgan fingerprint density at radius 3 is 2.68 bits per heavy atom. The molecule has 0 heterocycles. The number of aliphatic hydroxyl groups is 1. The maximum absolute atomic E-state index is 10.8. The molecule has 4 aliphatic carbocycles. The van der Waals surface area contributed by atoms with E-state index in [0.717, 1.165) is 23.7 Å². The molecule has 138 valence electrons. The Hall–Kier alpha value is -1.27. The Morgan fingerprint density at radius 2 is 2.04 bits per heavy atom. The highest BCUT2D eigenvalue weighted by Gasteiger charge is 2.60. The third kappa shape index (κ3) is 3.04. The molecule has 0 aliphatic heterocycles. The topological polar surface area (TPSA) is 49.3 Å². The third-order valence-corrected chi connectivity index (χ3v) is 7.91. The van der Waals surface area contributed by atoms with Gasteiger partial charge >= 0.3 is 0 Å². The molecule has 4 saturated carbocycles. The van der Waals surface area contributed by atoms with Gasteiger partial charge in [-0.2, -0.15) is 0 Å². The SMILES string of the molecule is C#CC(=O)NC.C=C1[C@@H]2CCC3C4CCCC(C)C4CC[C@]3(C2)[C@@H]1O. The highest BCUT2D eigenvalue weighted by atomic mass is 16.3. The van der Waals surface area contributed by atoms with Gasteiger partial charge in [-0.05, 0) is 79.6 Å². The molecule has 0 aromatic heterocycles. The Bertz CT molecular complexity index is 577. The summed E-state index contributed by atoms with van der Waals surface area (Å²) in [5.41, 5.74) is 1.43. The molecular formula is C22H33NO2. The van der Waals surface area contributed by atoms with Crippen LogP contribution in [-0.4, -0.2) is 24.2 Å². The Morgan fingerprint density at radius 1 is 1.28 bits per heavy atom. The second-order valence-electron chi connectivity index (χ2n) is 8.79. The van der Waals surface area contributed by atoms with Crippen molar-refractivity contribution in [2.75, 3.05) is 7.05 Å². The van der Waals surface area contributed by atoms with Gasteiger partial charge in [0, 0.05) is 12.5 Å². The van der Waals surface area contributed by atoms with Crippen LogP contribution in [0.15, 0.2) is 12.2 Å². The summed E-state index contributed by atoms with van der Waals surface area (Å²) in [7, 11) is 1.49. The van der Waals surface area contributed by atoms with Gasteiger partial charge in [0.25, 0.3) is 5.91 Å². The van der Waals surface area contributed by atoms with Crippen LogP contribution in [0.5, 0.6) is 0 Å². The third-order valence-electron chi connectivity index (χ3n) is 7.91. The molecule has 0 radical (unpaired) electrons. The van der Waals surface area contributed by atoms with Gasteiger partial charge in [0.15, 0.2) is 0 Å². The number of hydrogen-bond acceptors (Lipinski definition) is 2. The summed E-state index contributed by atoms with van der Waals surface area (Å²) in [6.07, 6.45) is 15.3. The van der Waals surface area contributed by atoms with Gasteiger partial charge in [0.1, 0.15) is 0 Å². The highest BCUT2D eigenvalue weighted by Crippen LogP contribution is 2.66. The minimum absolute atomic E-state index is 0.178. The predicted molar refractivity (Wildman–Crippen MR) is 101 cm³/mol. The van der Waals surface area contributed by atoms with E-state index in [2.05, 4.69) is 25.2 Å². The lowest BCUT2D eigenvalue weighted by Gasteiger charge is -2.56. The summed E-state index contributed by atoms with van der Waals surface area (Å²) in [5, 5.41) is 13.1. The fourth-order valence-electron chi connectivity index (χ4n) is 6.70. The van der Waals surface area contributed by atoms with Crippen LogP contribution in [0.25, 0.3) is 0 Å². The minimum atomic E-state index is -0.380. The van der Waals surface area contributed by atoms with E-state index in [-0.39, 0.29) is 17.4 Å². The van der Waals surface area contributed by atoms with Crippen molar-refractivity contribution in [1.82, 2.24) is 5.32 Å². The number of nitrogens with one attached hydrogen (secondary N) is 1. The Kier molecular flexibility index (Phi) is 5.30. The van der Waals surface area contributed by atoms with Gasteiger partial charge in [-0.1, -0.05) is 26.3 Å². The summed E-state index contributed by atoms with van der Waals surface area (Å²) < 4.78 is 0. The van der Waals surface area contributed by atoms with Crippen molar-refractivity contribution in [1.29, 1.82) is 0 Å². The molecule has 0 aromatic carbocycles. The standard InChI is InChI=1S/C18H28O.C4H5NO/c1-11-4-3-5-15-14(11)8-9-18-10-13(6-7-16(15)18)12(2)17(18)19;1-3-4(6)5-2/h11,13-17,19H,2-10H2,1H3;1H,2H3,(H,5,6)/t11?,13-,14?,15?,16?,17-,18-;/m1./s1. The van der Waals surface area contributed by atoms with Crippen molar-refractivity contribution in [2.24, 2.45) is 35.0 Å². The van der Waals surface area contributed by atoms with Crippen LogP contribution in [-0.2, 0) is 4.79 Å². The van der Waals surface area contributed by atoms with Crippen LogP contribution < -0.4 is 5.32 Å². The van der Waals surface area contributed by atoms with E-state index in [9.17, 15) is 9.90 Å². The lowest BCUT2D eigenvalue weighted by Crippen LogP contribution is -2.50. The van der Waals surface area contributed by atoms with E-state index < -0.39 is 0 Å². The Labute approximate surface area is 152 Å². The number of hydrogen-bond donors (Lipinski definition) is 2. The van der Waals surface area contributed by atoms with Crippen molar-refractivity contribution in [2.45, 2.75) is 64.4 Å². The van der Waals surface area contributed by atoms with Crippen molar-refractivity contribution in [3.8, 4) is 12.3 Å². The van der Waals surface area contributed by atoms with Gasteiger partial charge in [0.2, 0.25) is 0 Å². The lowest BCUT2D eigenvalue weighted by molar-refractivity contribution is -0.115.